The summed E-state index contributed by atoms with van der Waals surface area (Å²) in [6.45, 7) is 0. The highest BCUT2D eigenvalue weighted by Gasteiger charge is 2.17. The zero-order valence-electron chi connectivity index (χ0n) is 17.3. The summed E-state index contributed by atoms with van der Waals surface area (Å²) < 4.78 is 5.25. The number of ether oxygens (including phenoxy) is 1. The molecule has 33 heavy (non-hydrogen) atoms. The average molecular weight is 500 g/mol. The number of aliphatic carboxylic acids is 1. The van der Waals surface area contributed by atoms with E-state index >= 15 is 0 Å². The Kier molecular flexibility index (Phi) is 6.75. The normalized spacial score (nSPS) is 11.5. The SMILES string of the molecule is COc1ccc(-c2[nH]c(/C=C(/C(=O)O)c3ccc(Cl)cc3)nc2-c2ccc(Cl)c(Cl)c2)cc1. The van der Waals surface area contributed by atoms with E-state index in [0.29, 0.717) is 43.6 Å². The zero-order chi connectivity index (χ0) is 23.5. The molecular weight excluding hydrogens is 483 g/mol. The third-order valence-electron chi connectivity index (χ3n) is 4.96. The highest BCUT2D eigenvalue weighted by atomic mass is 35.5. The maximum Gasteiger partial charge on any atom is 0.336 e. The Morgan fingerprint density at radius 1 is 0.939 bits per heavy atom. The number of imidazole rings is 1. The molecule has 0 spiro atoms. The van der Waals surface area contributed by atoms with E-state index in [1.165, 1.54) is 6.08 Å². The number of rotatable bonds is 6. The number of aromatic amines is 1. The van der Waals surface area contributed by atoms with Gasteiger partial charge in [0.05, 0.1) is 34.1 Å². The van der Waals surface area contributed by atoms with Gasteiger partial charge in [-0.25, -0.2) is 9.78 Å². The van der Waals surface area contributed by atoms with E-state index in [9.17, 15) is 9.90 Å². The van der Waals surface area contributed by atoms with Gasteiger partial charge in [0.2, 0.25) is 0 Å². The van der Waals surface area contributed by atoms with Crippen LogP contribution >= 0.6 is 34.8 Å². The van der Waals surface area contributed by atoms with Crippen LogP contribution in [0.3, 0.4) is 0 Å². The van der Waals surface area contributed by atoms with Crippen molar-refractivity contribution >= 4 is 52.4 Å². The maximum atomic E-state index is 12.0. The summed E-state index contributed by atoms with van der Waals surface area (Å²) >= 11 is 18.3. The van der Waals surface area contributed by atoms with Gasteiger partial charge in [-0.05, 0) is 60.2 Å². The molecule has 4 aromatic rings. The molecule has 4 rings (SSSR count). The Morgan fingerprint density at radius 2 is 1.61 bits per heavy atom. The predicted octanol–water partition coefficient (Wildman–Crippen LogP) is 7.34. The quantitative estimate of drug-likeness (QED) is 0.272. The zero-order valence-corrected chi connectivity index (χ0v) is 19.5. The average Bonchev–Trinajstić information content (AvgIpc) is 3.24. The number of carbonyl (C=O) groups is 1. The summed E-state index contributed by atoms with van der Waals surface area (Å²) in [5.74, 6) is -0.00424. The number of halogens is 3. The second-order valence-electron chi connectivity index (χ2n) is 7.07. The number of nitrogens with one attached hydrogen (secondary N) is 1. The van der Waals surface area contributed by atoms with E-state index in [1.807, 2.05) is 30.3 Å². The molecule has 0 atom stereocenters. The van der Waals surface area contributed by atoms with E-state index in [0.717, 1.165) is 11.1 Å². The van der Waals surface area contributed by atoms with Crippen LogP contribution in [0.4, 0.5) is 0 Å². The van der Waals surface area contributed by atoms with Gasteiger partial charge in [0.1, 0.15) is 11.6 Å². The summed E-state index contributed by atoms with van der Waals surface area (Å²) in [6, 6.07) is 19.2. The van der Waals surface area contributed by atoms with Crippen LogP contribution < -0.4 is 4.74 Å². The van der Waals surface area contributed by atoms with Crippen LogP contribution in [0.5, 0.6) is 5.75 Å². The first-order valence-corrected chi connectivity index (χ1v) is 10.9. The van der Waals surface area contributed by atoms with Gasteiger partial charge in [0.15, 0.2) is 0 Å². The first-order chi connectivity index (χ1) is 15.9. The van der Waals surface area contributed by atoms with Crippen LogP contribution in [0, 0.1) is 0 Å². The molecule has 5 nitrogen and oxygen atoms in total. The third kappa shape index (κ3) is 5.06. The fraction of sp³-hybridized carbons (Fsp3) is 0.0400. The lowest BCUT2D eigenvalue weighted by Gasteiger charge is -2.06. The lowest BCUT2D eigenvalue weighted by atomic mass is 10.1. The molecule has 0 amide bonds. The van der Waals surface area contributed by atoms with Crippen molar-refractivity contribution in [3.8, 4) is 28.3 Å². The lowest BCUT2D eigenvalue weighted by molar-refractivity contribution is -0.130. The van der Waals surface area contributed by atoms with Crippen molar-refractivity contribution in [3.05, 3.63) is 93.2 Å². The largest absolute Gasteiger partial charge is 0.497 e. The summed E-state index contributed by atoms with van der Waals surface area (Å²) in [5.41, 5.74) is 3.45. The van der Waals surface area contributed by atoms with Gasteiger partial charge in [0.25, 0.3) is 0 Å². The van der Waals surface area contributed by atoms with Crippen molar-refractivity contribution in [2.24, 2.45) is 0 Å². The summed E-state index contributed by atoms with van der Waals surface area (Å²) in [5, 5.41) is 11.1. The van der Waals surface area contributed by atoms with Crippen LogP contribution in [0.25, 0.3) is 34.2 Å². The smallest absolute Gasteiger partial charge is 0.336 e. The number of hydrogen-bond donors (Lipinski definition) is 2. The molecule has 0 bridgehead atoms. The lowest BCUT2D eigenvalue weighted by Crippen LogP contribution is -2.00. The molecular formula is C25H17Cl3N2O3. The van der Waals surface area contributed by atoms with Crippen molar-refractivity contribution in [2.45, 2.75) is 0 Å². The van der Waals surface area contributed by atoms with Crippen molar-refractivity contribution in [1.29, 1.82) is 0 Å². The number of H-pyrrole nitrogens is 1. The van der Waals surface area contributed by atoms with Crippen molar-refractivity contribution in [3.63, 3.8) is 0 Å². The summed E-state index contributed by atoms with van der Waals surface area (Å²) in [7, 11) is 1.60. The molecule has 0 radical (unpaired) electrons. The number of nitrogens with zero attached hydrogens (tertiary/aromatic N) is 1. The number of aromatic nitrogens is 2. The van der Waals surface area contributed by atoms with Gasteiger partial charge in [-0.2, -0.15) is 0 Å². The van der Waals surface area contributed by atoms with Crippen LogP contribution in [0.1, 0.15) is 11.4 Å². The monoisotopic (exact) mass is 498 g/mol. The van der Waals surface area contributed by atoms with Gasteiger partial charge in [-0.1, -0.05) is 53.0 Å². The number of hydrogen-bond acceptors (Lipinski definition) is 3. The van der Waals surface area contributed by atoms with E-state index in [1.54, 1.807) is 43.5 Å². The molecule has 0 aliphatic rings. The molecule has 2 N–H and O–H groups in total. The Morgan fingerprint density at radius 3 is 2.21 bits per heavy atom. The fourth-order valence-electron chi connectivity index (χ4n) is 3.31. The first-order valence-electron chi connectivity index (χ1n) is 9.76. The highest BCUT2D eigenvalue weighted by molar-refractivity contribution is 6.42. The first kappa shape index (κ1) is 22.9. The Balaban J connectivity index is 1.87. The van der Waals surface area contributed by atoms with Crippen LogP contribution in [0.15, 0.2) is 66.7 Å². The second-order valence-corrected chi connectivity index (χ2v) is 8.32. The van der Waals surface area contributed by atoms with Gasteiger partial charge < -0.3 is 14.8 Å². The minimum atomic E-state index is -1.09. The Bertz CT molecular complexity index is 1340. The topological polar surface area (TPSA) is 75.2 Å². The van der Waals surface area contributed by atoms with Crippen LogP contribution in [-0.2, 0) is 4.79 Å². The molecule has 0 saturated heterocycles. The number of carboxylic acids is 1. The van der Waals surface area contributed by atoms with Gasteiger partial charge in [-0.15, -0.1) is 0 Å². The third-order valence-corrected chi connectivity index (χ3v) is 5.95. The molecule has 1 aromatic heterocycles. The molecule has 0 unspecified atom stereocenters. The molecule has 166 valence electrons. The number of carboxylic acid groups (broad SMARTS) is 1. The molecule has 0 aliphatic carbocycles. The second kappa shape index (κ2) is 9.71. The summed E-state index contributed by atoms with van der Waals surface area (Å²) in [6.07, 6.45) is 1.49. The minimum Gasteiger partial charge on any atom is -0.497 e. The van der Waals surface area contributed by atoms with E-state index in [4.69, 9.17) is 39.5 Å². The molecule has 1 heterocycles. The molecule has 8 heteroatoms. The van der Waals surface area contributed by atoms with Crippen LogP contribution in [-0.4, -0.2) is 28.2 Å². The Labute approximate surface area is 205 Å². The Hall–Kier alpha value is -3.25. The predicted molar refractivity (Wildman–Crippen MR) is 133 cm³/mol. The number of benzene rings is 3. The van der Waals surface area contributed by atoms with Gasteiger partial charge in [0, 0.05) is 16.1 Å². The minimum absolute atomic E-state index is 0.0717. The molecule has 0 aliphatic heterocycles. The van der Waals surface area contributed by atoms with E-state index in [-0.39, 0.29) is 5.57 Å². The molecule has 3 aromatic carbocycles. The van der Waals surface area contributed by atoms with Crippen molar-refractivity contribution in [1.82, 2.24) is 9.97 Å². The van der Waals surface area contributed by atoms with E-state index < -0.39 is 5.97 Å². The van der Waals surface area contributed by atoms with E-state index in [2.05, 4.69) is 9.97 Å². The fourth-order valence-corrected chi connectivity index (χ4v) is 3.74. The molecule has 0 fully saturated rings. The van der Waals surface area contributed by atoms with Gasteiger partial charge >= 0.3 is 5.97 Å². The van der Waals surface area contributed by atoms with Crippen LogP contribution in [0.2, 0.25) is 15.1 Å². The highest BCUT2D eigenvalue weighted by Crippen LogP contribution is 2.35. The number of methoxy groups -OCH3 is 1. The molecule has 0 saturated carbocycles. The summed E-state index contributed by atoms with van der Waals surface area (Å²) in [4.78, 5) is 19.9. The van der Waals surface area contributed by atoms with Gasteiger partial charge in [-0.3, -0.25) is 0 Å². The van der Waals surface area contributed by atoms with Crippen molar-refractivity contribution < 1.29 is 14.6 Å². The van der Waals surface area contributed by atoms with Crippen molar-refractivity contribution in [2.75, 3.05) is 7.11 Å². The standard InChI is InChI=1S/C25H17Cl3N2O3/c1-33-18-9-4-15(5-10-18)23-24(16-6-11-20(27)21(28)12-16)30-22(29-23)13-19(25(31)32)14-2-7-17(26)8-3-14/h2-13H,1H3,(H,29,30)(H,31,32)/b19-13+. The maximum absolute atomic E-state index is 12.0.